The topological polar surface area (TPSA) is 36.9 Å². The van der Waals surface area contributed by atoms with E-state index in [1.807, 2.05) is 7.05 Å². The molecule has 0 atom stereocenters. The van der Waals surface area contributed by atoms with Crippen molar-refractivity contribution < 1.29 is 4.74 Å². The van der Waals surface area contributed by atoms with Crippen molar-refractivity contribution in [3.8, 4) is 0 Å². The van der Waals surface area contributed by atoms with Gasteiger partial charge in [0.1, 0.15) is 0 Å². The lowest BCUT2D eigenvalue weighted by Gasteiger charge is -2.23. The second kappa shape index (κ2) is 8.53. The predicted octanol–water partition coefficient (Wildman–Crippen LogP) is 2.04. The summed E-state index contributed by atoms with van der Waals surface area (Å²) in [5.41, 5.74) is 2.63. The molecule has 0 bridgehead atoms. The number of rotatable bonds is 6. The second-order valence-corrected chi connectivity index (χ2v) is 4.60. The number of guanidine groups is 1. The average Bonchev–Trinajstić information content (AvgIpc) is 2.41. The lowest BCUT2D eigenvalue weighted by atomic mass is 10.1. The number of ether oxygens (including phenoxy) is 1. The van der Waals surface area contributed by atoms with E-state index in [2.05, 4.69) is 53.4 Å². The molecule has 0 radical (unpaired) electrons. The van der Waals surface area contributed by atoms with E-state index >= 15 is 0 Å². The maximum absolute atomic E-state index is 5.04. The summed E-state index contributed by atoms with van der Waals surface area (Å²) in [5.74, 6) is 0.916. The summed E-state index contributed by atoms with van der Waals surface area (Å²) >= 11 is 0. The predicted molar refractivity (Wildman–Crippen MR) is 80.5 cm³/mol. The van der Waals surface area contributed by atoms with Gasteiger partial charge in [-0.3, -0.25) is 4.99 Å². The monoisotopic (exact) mass is 263 g/mol. The second-order valence-electron chi connectivity index (χ2n) is 4.60. The van der Waals surface area contributed by atoms with E-state index in [0.29, 0.717) is 0 Å². The van der Waals surface area contributed by atoms with Crippen LogP contribution in [0.25, 0.3) is 0 Å². The highest BCUT2D eigenvalue weighted by atomic mass is 16.5. The van der Waals surface area contributed by atoms with Gasteiger partial charge in [-0.15, -0.1) is 0 Å². The lowest BCUT2D eigenvalue weighted by Crippen LogP contribution is -2.39. The highest BCUT2D eigenvalue weighted by molar-refractivity contribution is 5.79. The van der Waals surface area contributed by atoms with Crippen LogP contribution in [0.1, 0.15) is 17.5 Å². The number of benzene rings is 1. The minimum absolute atomic E-state index is 0.769. The summed E-state index contributed by atoms with van der Waals surface area (Å²) in [6, 6.07) is 8.43. The van der Waals surface area contributed by atoms with E-state index < -0.39 is 0 Å². The molecule has 1 aromatic carbocycles. The maximum Gasteiger partial charge on any atom is 0.193 e. The van der Waals surface area contributed by atoms with Crippen molar-refractivity contribution in [3.05, 3.63) is 35.4 Å². The van der Waals surface area contributed by atoms with Crippen LogP contribution in [-0.2, 0) is 11.3 Å². The van der Waals surface area contributed by atoms with Gasteiger partial charge in [0.05, 0.1) is 0 Å². The number of nitrogens with one attached hydrogen (secondary N) is 1. The van der Waals surface area contributed by atoms with Crippen LogP contribution in [0.15, 0.2) is 29.3 Å². The molecule has 4 nitrogen and oxygen atoms in total. The Morgan fingerprint density at radius 1 is 1.37 bits per heavy atom. The average molecular weight is 263 g/mol. The Morgan fingerprint density at radius 2 is 2.11 bits per heavy atom. The fourth-order valence-corrected chi connectivity index (χ4v) is 1.92. The zero-order chi connectivity index (χ0) is 14.1. The van der Waals surface area contributed by atoms with Gasteiger partial charge in [-0.25, -0.2) is 0 Å². The molecule has 4 heteroatoms. The lowest BCUT2D eigenvalue weighted by molar-refractivity contribution is 0.195. The van der Waals surface area contributed by atoms with E-state index in [1.54, 1.807) is 7.11 Å². The Morgan fingerprint density at radius 3 is 2.74 bits per heavy atom. The standard InChI is InChI=1S/C15H25N3O/c1-13-8-5-6-9-14(13)12-18(3)15(16-2)17-10-7-11-19-4/h5-6,8-9H,7,10-12H2,1-4H3,(H,16,17). The Bertz CT molecular complexity index is 404. The number of hydrogen-bond acceptors (Lipinski definition) is 2. The smallest absolute Gasteiger partial charge is 0.193 e. The molecule has 0 spiro atoms. The van der Waals surface area contributed by atoms with Gasteiger partial charge in [-0.1, -0.05) is 24.3 Å². The van der Waals surface area contributed by atoms with Crippen molar-refractivity contribution in [2.45, 2.75) is 19.9 Å². The summed E-state index contributed by atoms with van der Waals surface area (Å²) in [6.07, 6.45) is 0.980. The Kier molecular flexibility index (Phi) is 6.97. The van der Waals surface area contributed by atoms with Gasteiger partial charge in [0.25, 0.3) is 0 Å². The zero-order valence-electron chi connectivity index (χ0n) is 12.4. The first-order valence-electron chi connectivity index (χ1n) is 6.64. The van der Waals surface area contributed by atoms with Gasteiger partial charge in [0.2, 0.25) is 0 Å². The van der Waals surface area contributed by atoms with Crippen molar-refractivity contribution in [1.82, 2.24) is 10.2 Å². The number of hydrogen-bond donors (Lipinski definition) is 1. The van der Waals surface area contributed by atoms with Crippen molar-refractivity contribution in [3.63, 3.8) is 0 Å². The van der Waals surface area contributed by atoms with Gasteiger partial charge in [-0.2, -0.15) is 0 Å². The number of methoxy groups -OCH3 is 1. The van der Waals surface area contributed by atoms with Crippen molar-refractivity contribution >= 4 is 5.96 Å². The molecule has 0 aliphatic rings. The third kappa shape index (κ3) is 5.30. The Balaban J connectivity index is 2.50. The van der Waals surface area contributed by atoms with E-state index in [4.69, 9.17) is 4.74 Å². The quantitative estimate of drug-likeness (QED) is 0.485. The third-order valence-electron chi connectivity index (χ3n) is 3.05. The summed E-state index contributed by atoms with van der Waals surface area (Å²) in [4.78, 5) is 6.44. The van der Waals surface area contributed by atoms with Crippen molar-refractivity contribution in [1.29, 1.82) is 0 Å². The molecule has 1 rings (SSSR count). The van der Waals surface area contributed by atoms with E-state index in [1.165, 1.54) is 11.1 Å². The van der Waals surface area contributed by atoms with Gasteiger partial charge in [0, 0.05) is 40.9 Å². The molecule has 19 heavy (non-hydrogen) atoms. The molecule has 0 aliphatic heterocycles. The molecule has 0 unspecified atom stereocenters. The van der Waals surface area contributed by atoms with Crippen molar-refractivity contribution in [2.24, 2.45) is 4.99 Å². The Hall–Kier alpha value is -1.55. The molecular formula is C15H25N3O. The minimum atomic E-state index is 0.769. The summed E-state index contributed by atoms with van der Waals surface area (Å²) in [6.45, 7) is 4.64. The van der Waals surface area contributed by atoms with Gasteiger partial charge in [-0.05, 0) is 24.5 Å². The normalized spacial score (nSPS) is 11.5. The van der Waals surface area contributed by atoms with Crippen LogP contribution >= 0.6 is 0 Å². The fraction of sp³-hybridized carbons (Fsp3) is 0.533. The highest BCUT2D eigenvalue weighted by Gasteiger charge is 2.07. The molecule has 0 heterocycles. The summed E-state index contributed by atoms with van der Waals surface area (Å²) < 4.78 is 5.04. The molecule has 0 aromatic heterocycles. The molecular weight excluding hydrogens is 238 g/mol. The molecule has 0 aliphatic carbocycles. The maximum atomic E-state index is 5.04. The zero-order valence-corrected chi connectivity index (χ0v) is 12.4. The molecule has 0 fully saturated rings. The fourth-order valence-electron chi connectivity index (χ4n) is 1.92. The van der Waals surface area contributed by atoms with Gasteiger partial charge >= 0.3 is 0 Å². The first-order valence-corrected chi connectivity index (χ1v) is 6.64. The minimum Gasteiger partial charge on any atom is -0.385 e. The SMILES string of the molecule is CN=C(NCCCOC)N(C)Cc1ccccc1C. The molecule has 0 amide bonds. The third-order valence-corrected chi connectivity index (χ3v) is 3.05. The largest absolute Gasteiger partial charge is 0.385 e. The van der Waals surface area contributed by atoms with Crippen LogP contribution in [0.2, 0.25) is 0 Å². The van der Waals surface area contributed by atoms with Gasteiger partial charge < -0.3 is 15.0 Å². The highest BCUT2D eigenvalue weighted by Crippen LogP contribution is 2.09. The van der Waals surface area contributed by atoms with Crippen LogP contribution < -0.4 is 5.32 Å². The number of aryl methyl sites for hydroxylation is 1. The van der Waals surface area contributed by atoms with Gasteiger partial charge in [0.15, 0.2) is 5.96 Å². The number of nitrogens with zero attached hydrogens (tertiary/aromatic N) is 2. The first-order chi connectivity index (χ1) is 9.19. The molecule has 106 valence electrons. The summed E-state index contributed by atoms with van der Waals surface area (Å²) in [7, 11) is 5.59. The molecule has 0 saturated carbocycles. The van der Waals surface area contributed by atoms with E-state index in [0.717, 1.165) is 32.1 Å². The van der Waals surface area contributed by atoms with Crippen molar-refractivity contribution in [2.75, 3.05) is 34.4 Å². The number of aliphatic imine (C=N–C) groups is 1. The van der Waals surface area contributed by atoms with E-state index in [-0.39, 0.29) is 0 Å². The molecule has 1 aromatic rings. The molecule has 0 saturated heterocycles. The van der Waals surface area contributed by atoms with Crippen LogP contribution in [0, 0.1) is 6.92 Å². The van der Waals surface area contributed by atoms with E-state index in [9.17, 15) is 0 Å². The first kappa shape index (κ1) is 15.5. The van der Waals surface area contributed by atoms with Crippen LogP contribution in [0.4, 0.5) is 0 Å². The van der Waals surface area contributed by atoms with Crippen LogP contribution in [-0.4, -0.2) is 45.2 Å². The van der Waals surface area contributed by atoms with Crippen LogP contribution in [0.3, 0.4) is 0 Å². The van der Waals surface area contributed by atoms with Crippen LogP contribution in [0.5, 0.6) is 0 Å². The Labute approximate surface area is 116 Å². The summed E-state index contributed by atoms with van der Waals surface area (Å²) in [5, 5.41) is 3.34. The molecule has 1 N–H and O–H groups in total.